The summed E-state index contributed by atoms with van der Waals surface area (Å²) >= 11 is 1.61. The molecule has 6 heteroatoms. The fourth-order valence-corrected chi connectivity index (χ4v) is 5.93. The quantitative estimate of drug-likeness (QED) is 0.631. The van der Waals surface area contributed by atoms with E-state index in [1.54, 1.807) is 11.8 Å². The molecule has 1 saturated carbocycles. The van der Waals surface area contributed by atoms with E-state index in [4.69, 9.17) is 9.47 Å². The maximum atomic E-state index is 13.6. The van der Waals surface area contributed by atoms with E-state index in [-0.39, 0.29) is 24.2 Å². The number of carbonyl (C=O) groups excluding carboxylic acids is 1. The number of anilines is 1. The number of thioether (sulfide) groups is 1. The van der Waals surface area contributed by atoms with Crippen LogP contribution in [0.2, 0.25) is 0 Å². The van der Waals surface area contributed by atoms with Crippen molar-refractivity contribution in [3.63, 3.8) is 0 Å². The lowest BCUT2D eigenvalue weighted by Crippen LogP contribution is -2.48. The number of rotatable bonds is 4. The normalized spacial score (nSPS) is 26.5. The van der Waals surface area contributed by atoms with Crippen molar-refractivity contribution in [1.29, 1.82) is 0 Å². The summed E-state index contributed by atoms with van der Waals surface area (Å²) in [7, 11) is 0. The predicted molar refractivity (Wildman–Crippen MR) is 125 cm³/mol. The summed E-state index contributed by atoms with van der Waals surface area (Å²) in [5.41, 5.74) is 2.99. The predicted octanol–water partition coefficient (Wildman–Crippen LogP) is 5.61. The second kappa shape index (κ2) is 8.50. The fourth-order valence-electron chi connectivity index (χ4n) is 4.72. The van der Waals surface area contributed by atoms with Crippen LogP contribution in [0.25, 0.3) is 6.08 Å². The zero-order valence-corrected chi connectivity index (χ0v) is 18.8. The number of hydrogen-bond acceptors (Lipinski definition) is 5. The molecule has 1 N–H and O–H groups in total. The van der Waals surface area contributed by atoms with Crippen molar-refractivity contribution in [2.45, 2.75) is 51.1 Å². The van der Waals surface area contributed by atoms with Crippen molar-refractivity contribution in [3.8, 4) is 11.5 Å². The van der Waals surface area contributed by atoms with Crippen LogP contribution in [-0.2, 0) is 4.79 Å². The Morgan fingerprint density at radius 3 is 2.61 bits per heavy atom. The van der Waals surface area contributed by atoms with Crippen LogP contribution in [0, 0.1) is 12.8 Å². The number of fused-ring (bicyclic) bond motifs is 1. The van der Waals surface area contributed by atoms with Gasteiger partial charge in [0.15, 0.2) is 17.0 Å². The average molecular weight is 437 g/mol. The molecule has 5 rings (SSSR count). The molecule has 3 aliphatic rings. The third-order valence-electron chi connectivity index (χ3n) is 6.47. The Labute approximate surface area is 187 Å². The van der Waals surface area contributed by atoms with Crippen molar-refractivity contribution in [3.05, 3.63) is 58.5 Å². The Morgan fingerprint density at radius 2 is 1.84 bits per heavy atom. The van der Waals surface area contributed by atoms with E-state index in [9.17, 15) is 4.79 Å². The van der Waals surface area contributed by atoms with Gasteiger partial charge in [0.2, 0.25) is 6.79 Å². The third-order valence-corrected chi connectivity index (χ3v) is 7.59. The minimum atomic E-state index is -0.110. The zero-order chi connectivity index (χ0) is 21.4. The molecule has 5 nitrogen and oxygen atoms in total. The summed E-state index contributed by atoms with van der Waals surface area (Å²) in [4.78, 5) is 16.5. The van der Waals surface area contributed by atoms with Crippen molar-refractivity contribution in [2.75, 3.05) is 12.1 Å². The molecule has 1 unspecified atom stereocenters. The SMILES string of the molecule is Cc1cc2c(cc1/C=C1\SC(Nc3ccccc3)N([C@H]3CCCC[C@H]3C)C1=O)OCO2. The molecule has 0 bridgehead atoms. The molecular formula is C25H28N2O3S. The van der Waals surface area contributed by atoms with Crippen molar-refractivity contribution in [1.82, 2.24) is 4.90 Å². The number of ether oxygens (including phenoxy) is 2. The fraction of sp³-hybridized carbons (Fsp3) is 0.400. The second-order valence-electron chi connectivity index (χ2n) is 8.59. The number of benzene rings is 2. The Bertz CT molecular complexity index is 1010. The summed E-state index contributed by atoms with van der Waals surface area (Å²) < 4.78 is 11.0. The minimum absolute atomic E-state index is 0.110. The van der Waals surface area contributed by atoms with Crippen LogP contribution in [-0.4, -0.2) is 29.1 Å². The largest absolute Gasteiger partial charge is 0.454 e. The number of nitrogens with zero attached hydrogens (tertiary/aromatic N) is 1. The smallest absolute Gasteiger partial charge is 0.262 e. The first-order valence-electron chi connectivity index (χ1n) is 11.0. The standard InChI is InChI=1S/C25H28N2O3S/c1-16-8-6-7-11-20(16)27-24(28)23(31-25(27)26-19-9-4-3-5-10-19)14-18-13-22-21(12-17(18)2)29-15-30-22/h3-5,9-10,12-14,16,20,25-26H,6-8,11,15H2,1-2H3/b23-14-/t16-,20+,25?/m1/s1. The Kier molecular flexibility index (Phi) is 5.57. The van der Waals surface area contributed by atoms with Crippen molar-refractivity contribution in [2.24, 2.45) is 5.92 Å². The molecule has 2 aromatic rings. The van der Waals surface area contributed by atoms with E-state index in [0.717, 1.165) is 39.6 Å². The topological polar surface area (TPSA) is 50.8 Å². The van der Waals surface area contributed by atoms with Gasteiger partial charge in [-0.05, 0) is 67.2 Å². The van der Waals surface area contributed by atoms with E-state index in [1.165, 1.54) is 19.3 Å². The second-order valence-corrected chi connectivity index (χ2v) is 9.71. The Morgan fingerprint density at radius 1 is 1.10 bits per heavy atom. The Hall–Kier alpha value is -2.60. The van der Waals surface area contributed by atoms with Gasteiger partial charge in [0.25, 0.3) is 5.91 Å². The highest BCUT2D eigenvalue weighted by molar-refractivity contribution is 8.05. The first kappa shape index (κ1) is 20.3. The van der Waals surface area contributed by atoms with Gasteiger partial charge >= 0.3 is 0 Å². The van der Waals surface area contributed by atoms with Crippen LogP contribution in [0.1, 0.15) is 43.7 Å². The van der Waals surface area contributed by atoms with Crippen LogP contribution < -0.4 is 14.8 Å². The highest BCUT2D eigenvalue weighted by Gasteiger charge is 2.43. The van der Waals surface area contributed by atoms with Gasteiger partial charge in [-0.25, -0.2) is 0 Å². The molecule has 0 spiro atoms. The molecule has 0 radical (unpaired) electrons. The molecule has 2 aliphatic heterocycles. The van der Waals surface area contributed by atoms with Gasteiger partial charge in [0, 0.05) is 11.7 Å². The van der Waals surface area contributed by atoms with Gasteiger partial charge in [0.1, 0.15) is 0 Å². The van der Waals surface area contributed by atoms with Gasteiger partial charge in [-0.1, -0.05) is 49.7 Å². The van der Waals surface area contributed by atoms with Crippen molar-refractivity contribution >= 4 is 29.4 Å². The van der Waals surface area contributed by atoms with E-state index < -0.39 is 0 Å². The number of carbonyl (C=O) groups is 1. The molecule has 1 aliphatic carbocycles. The lowest BCUT2D eigenvalue weighted by atomic mass is 9.85. The highest BCUT2D eigenvalue weighted by Crippen LogP contribution is 2.43. The number of nitrogens with one attached hydrogen (secondary N) is 1. The summed E-state index contributed by atoms with van der Waals surface area (Å²) in [5, 5.41) is 3.59. The number of para-hydroxylation sites is 1. The highest BCUT2D eigenvalue weighted by atomic mass is 32.2. The summed E-state index contributed by atoms with van der Waals surface area (Å²) in [5.74, 6) is 2.13. The molecule has 2 heterocycles. The zero-order valence-electron chi connectivity index (χ0n) is 18.0. The van der Waals surface area contributed by atoms with E-state index in [2.05, 4.69) is 29.3 Å². The number of hydrogen-bond donors (Lipinski definition) is 1. The molecule has 1 amide bonds. The van der Waals surface area contributed by atoms with Crippen LogP contribution in [0.15, 0.2) is 47.4 Å². The van der Waals surface area contributed by atoms with Crippen LogP contribution in [0.3, 0.4) is 0 Å². The van der Waals surface area contributed by atoms with E-state index in [1.807, 2.05) is 43.3 Å². The van der Waals surface area contributed by atoms with E-state index >= 15 is 0 Å². The molecule has 31 heavy (non-hydrogen) atoms. The van der Waals surface area contributed by atoms with Gasteiger partial charge in [-0.15, -0.1) is 0 Å². The van der Waals surface area contributed by atoms with Crippen LogP contribution in [0.4, 0.5) is 5.69 Å². The number of amides is 1. The molecule has 2 aromatic carbocycles. The lowest BCUT2D eigenvalue weighted by Gasteiger charge is -2.39. The molecule has 1 saturated heterocycles. The molecule has 162 valence electrons. The van der Waals surface area contributed by atoms with Crippen LogP contribution >= 0.6 is 11.8 Å². The average Bonchev–Trinajstić information content (AvgIpc) is 3.34. The maximum Gasteiger partial charge on any atom is 0.262 e. The molecule has 0 aromatic heterocycles. The van der Waals surface area contributed by atoms with Crippen molar-refractivity contribution < 1.29 is 14.3 Å². The van der Waals surface area contributed by atoms with Gasteiger partial charge in [-0.3, -0.25) is 4.79 Å². The lowest BCUT2D eigenvalue weighted by molar-refractivity contribution is -0.129. The van der Waals surface area contributed by atoms with Crippen LogP contribution in [0.5, 0.6) is 11.5 Å². The summed E-state index contributed by atoms with van der Waals surface area (Å²) in [6.07, 6.45) is 6.69. The maximum absolute atomic E-state index is 13.6. The van der Waals surface area contributed by atoms with Gasteiger partial charge < -0.3 is 19.7 Å². The molecular weight excluding hydrogens is 408 g/mol. The van der Waals surface area contributed by atoms with Gasteiger partial charge in [-0.2, -0.15) is 0 Å². The van der Waals surface area contributed by atoms with Gasteiger partial charge in [0.05, 0.1) is 4.91 Å². The summed E-state index contributed by atoms with van der Waals surface area (Å²) in [6.45, 7) is 4.57. The Balaban J connectivity index is 1.48. The van der Waals surface area contributed by atoms with E-state index in [0.29, 0.717) is 5.92 Å². The number of aryl methyl sites for hydroxylation is 1. The molecule has 3 atom stereocenters. The third kappa shape index (κ3) is 4.01. The minimum Gasteiger partial charge on any atom is -0.454 e. The summed E-state index contributed by atoms with van der Waals surface area (Å²) in [6, 6.07) is 14.4. The first-order valence-corrected chi connectivity index (χ1v) is 11.9. The molecule has 2 fully saturated rings. The monoisotopic (exact) mass is 436 g/mol. The first-order chi connectivity index (χ1) is 15.1.